The van der Waals surface area contributed by atoms with Crippen LogP contribution in [0.5, 0.6) is 0 Å². The van der Waals surface area contributed by atoms with Crippen LogP contribution in [0.3, 0.4) is 0 Å². The molecule has 0 aromatic heterocycles. The van der Waals surface area contributed by atoms with Gasteiger partial charge in [-0.3, -0.25) is 0 Å². The Labute approximate surface area is 260 Å². The molecule has 0 aromatic rings. The van der Waals surface area contributed by atoms with Gasteiger partial charge in [-0.05, 0) is 0 Å². The Kier molecular flexibility index (Phi) is 16.8. The summed E-state index contributed by atoms with van der Waals surface area (Å²) < 4.78 is 25.5. The molecule has 0 spiro atoms. The Balaban J connectivity index is 0.000000320. The average molecular weight is 687 g/mol. The third-order valence-electron chi connectivity index (χ3n) is 7.59. The van der Waals surface area contributed by atoms with Gasteiger partial charge in [-0.1, -0.05) is 0 Å². The highest BCUT2D eigenvalue weighted by Crippen LogP contribution is 2.28. The molecule has 17 N–H and O–H groups in total. The number of aliphatic hydroxyl groups is 17. The largest absolute Gasteiger partial charge is 0.394 e. The minimum absolute atomic E-state index is 0.667. The van der Waals surface area contributed by atoms with Crippen molar-refractivity contribution in [3.63, 3.8) is 0 Å². The van der Waals surface area contributed by atoms with Gasteiger partial charge in [-0.2, -0.15) is 0 Å². The van der Waals surface area contributed by atoms with E-state index >= 15 is 0 Å². The molecule has 3 aliphatic heterocycles. The molecule has 0 aromatic carbocycles. The van der Waals surface area contributed by atoms with Gasteiger partial charge in [-0.15, -0.1) is 0 Å². The van der Waals surface area contributed by atoms with Gasteiger partial charge >= 0.3 is 0 Å². The van der Waals surface area contributed by atoms with Gasteiger partial charge in [-0.25, -0.2) is 0 Å². The smallest absolute Gasteiger partial charge is 0.189 e. The van der Waals surface area contributed by atoms with Crippen LogP contribution in [0.2, 0.25) is 0 Å². The Bertz CT molecular complexity index is 819. The number of hydrogen-bond donors (Lipinski definition) is 17. The topological polar surface area (TPSA) is 390 Å². The summed E-state index contributed by atoms with van der Waals surface area (Å²) in [6, 6.07) is 0. The zero-order valence-electron chi connectivity index (χ0n) is 24.1. The van der Waals surface area contributed by atoms with Gasteiger partial charge in [0.15, 0.2) is 18.9 Å². The second-order valence-electron chi connectivity index (χ2n) is 10.8. The van der Waals surface area contributed by atoms with Gasteiger partial charge in [0, 0.05) is 0 Å². The summed E-state index contributed by atoms with van der Waals surface area (Å²) in [4.78, 5) is 0. The molecule has 0 radical (unpaired) electrons. The lowest BCUT2D eigenvalue weighted by Gasteiger charge is -2.44. The second-order valence-corrected chi connectivity index (χ2v) is 10.8. The standard InChI is InChI=1S/C12H22O11.C12H24O11/c13-1-3-5(15)7(17)9(19)11(21-3)23-12-10(20)8(18)6(16)4(2-14)22-12;13-1-4(16)7(18)11(5(17)2-14)23-12-10(21)9(20)8(19)6(3-15)22-12/h3-20H,1-2H2;4-21H,1-3H2/t3-,4-,5-,6-,7+,8+,9-,10-,11-,12-;4-,5+,6+,7+,8+,9-,10+,11+,12+/m10/s1. The fraction of sp³-hybridized carbons (Fsp3) is 1.00. The minimum Gasteiger partial charge on any atom is -0.394 e. The van der Waals surface area contributed by atoms with Crippen LogP contribution < -0.4 is 0 Å². The summed E-state index contributed by atoms with van der Waals surface area (Å²) in [6.45, 7) is -3.79. The highest BCUT2D eigenvalue weighted by atomic mass is 16.8. The van der Waals surface area contributed by atoms with Crippen molar-refractivity contribution in [1.29, 1.82) is 0 Å². The Morgan fingerprint density at radius 3 is 1.09 bits per heavy atom. The Morgan fingerprint density at radius 2 is 0.761 bits per heavy atom. The summed E-state index contributed by atoms with van der Waals surface area (Å²) in [6.07, 6.45) is -30.7. The minimum atomic E-state index is -1.85. The molecule has 274 valence electrons. The van der Waals surface area contributed by atoms with Crippen molar-refractivity contribution in [2.24, 2.45) is 0 Å². The van der Waals surface area contributed by atoms with Crippen molar-refractivity contribution in [3.05, 3.63) is 0 Å². The maximum atomic E-state index is 9.84. The third-order valence-corrected chi connectivity index (χ3v) is 7.59. The van der Waals surface area contributed by atoms with E-state index in [9.17, 15) is 61.3 Å². The Hall–Kier alpha value is -0.880. The van der Waals surface area contributed by atoms with Crippen molar-refractivity contribution < 1.29 is 110 Å². The van der Waals surface area contributed by atoms with Crippen LogP contribution in [-0.2, 0) is 23.7 Å². The van der Waals surface area contributed by atoms with Gasteiger partial charge in [0.1, 0.15) is 97.7 Å². The van der Waals surface area contributed by atoms with Gasteiger partial charge in [0.25, 0.3) is 0 Å². The van der Waals surface area contributed by atoms with Crippen molar-refractivity contribution in [2.45, 2.75) is 117 Å². The van der Waals surface area contributed by atoms with E-state index in [2.05, 4.69) is 0 Å². The summed E-state index contributed by atoms with van der Waals surface area (Å²) in [5.74, 6) is 0. The first kappa shape index (κ1) is 41.3. The maximum Gasteiger partial charge on any atom is 0.189 e. The number of rotatable bonds is 12. The molecule has 0 saturated carbocycles. The van der Waals surface area contributed by atoms with Crippen molar-refractivity contribution >= 4 is 0 Å². The lowest BCUT2D eigenvalue weighted by molar-refractivity contribution is -0.376. The molecule has 0 unspecified atom stereocenters. The highest BCUT2D eigenvalue weighted by molar-refractivity contribution is 4.93. The normalized spacial score (nSPS) is 44.4. The molecule has 0 aliphatic carbocycles. The van der Waals surface area contributed by atoms with E-state index in [4.69, 9.17) is 49.2 Å². The van der Waals surface area contributed by atoms with Crippen LogP contribution in [-0.4, -0.2) is 236 Å². The number of ether oxygens (including phenoxy) is 5. The predicted octanol–water partition coefficient (Wildman–Crippen LogP) is -11.2. The third kappa shape index (κ3) is 9.63. The van der Waals surface area contributed by atoms with Crippen LogP contribution in [0.1, 0.15) is 0 Å². The molecule has 3 saturated heterocycles. The zero-order chi connectivity index (χ0) is 35.0. The molecule has 19 atom stereocenters. The van der Waals surface area contributed by atoms with Crippen LogP contribution in [0, 0.1) is 0 Å². The summed E-state index contributed by atoms with van der Waals surface area (Å²) in [5.41, 5.74) is 0. The SMILES string of the molecule is OC[C@@H](O)[C@@H](O[C@H]1O[C@H](CO)[C@@H](O)[C@H](O)[C@H]1O)[C@H](O)[C@@H](O)CO.OC[C@H]1O[C@H](O[C@H]2O[C@H](CO)[C@@H](O)[C@H](O)[C@H]2O)[C@H](O)[C@@H](O)[C@@H]1O. The molecule has 0 bridgehead atoms. The van der Waals surface area contributed by atoms with E-state index in [0.29, 0.717) is 0 Å². The summed E-state index contributed by atoms with van der Waals surface area (Å²) >= 11 is 0. The highest BCUT2D eigenvalue weighted by Gasteiger charge is 2.50. The first-order chi connectivity index (χ1) is 21.6. The van der Waals surface area contributed by atoms with Crippen LogP contribution in [0.15, 0.2) is 0 Å². The number of aliphatic hydroxyl groups excluding tert-OH is 17. The second kappa shape index (κ2) is 18.8. The molecule has 22 nitrogen and oxygen atoms in total. The first-order valence-corrected chi connectivity index (χ1v) is 14.1. The molecule has 3 aliphatic rings. The van der Waals surface area contributed by atoms with Crippen LogP contribution >= 0.6 is 0 Å². The molecule has 3 fully saturated rings. The van der Waals surface area contributed by atoms with Gasteiger partial charge in [0.05, 0.1) is 33.0 Å². The fourth-order valence-corrected chi connectivity index (χ4v) is 4.66. The number of hydrogen-bond acceptors (Lipinski definition) is 22. The molecule has 3 heterocycles. The first-order valence-electron chi connectivity index (χ1n) is 14.1. The van der Waals surface area contributed by atoms with E-state index in [-0.39, 0.29) is 0 Å². The molecule has 0 amide bonds. The van der Waals surface area contributed by atoms with E-state index in [1.54, 1.807) is 0 Å². The van der Waals surface area contributed by atoms with E-state index in [0.717, 1.165) is 0 Å². The van der Waals surface area contributed by atoms with Crippen molar-refractivity contribution in [1.82, 2.24) is 0 Å². The predicted molar refractivity (Wildman–Crippen MR) is 139 cm³/mol. The van der Waals surface area contributed by atoms with E-state index in [1.807, 2.05) is 0 Å². The van der Waals surface area contributed by atoms with Crippen LogP contribution in [0.25, 0.3) is 0 Å². The molecule has 46 heavy (non-hydrogen) atoms. The van der Waals surface area contributed by atoms with Crippen molar-refractivity contribution in [2.75, 3.05) is 33.0 Å². The zero-order valence-corrected chi connectivity index (χ0v) is 24.1. The lowest BCUT2D eigenvalue weighted by atomic mass is 9.98. The Morgan fingerprint density at radius 1 is 0.435 bits per heavy atom. The maximum absolute atomic E-state index is 9.84. The van der Waals surface area contributed by atoms with E-state index < -0.39 is 150 Å². The lowest BCUT2D eigenvalue weighted by Crippen LogP contribution is -2.63. The van der Waals surface area contributed by atoms with E-state index in [1.165, 1.54) is 0 Å². The molecular weight excluding hydrogens is 640 g/mol. The quantitative estimate of drug-likeness (QED) is 0.0905. The average Bonchev–Trinajstić information content (AvgIpc) is 3.06. The summed E-state index contributed by atoms with van der Waals surface area (Å²) in [5, 5.41) is 161. The summed E-state index contributed by atoms with van der Waals surface area (Å²) in [7, 11) is 0. The van der Waals surface area contributed by atoms with Gasteiger partial charge < -0.3 is 110 Å². The fourth-order valence-electron chi connectivity index (χ4n) is 4.66. The monoisotopic (exact) mass is 686 g/mol. The molecule has 3 rings (SSSR count). The van der Waals surface area contributed by atoms with Gasteiger partial charge in [0.2, 0.25) is 0 Å². The molecule has 22 heteroatoms. The van der Waals surface area contributed by atoms with Crippen LogP contribution in [0.4, 0.5) is 0 Å². The van der Waals surface area contributed by atoms with Crippen molar-refractivity contribution in [3.8, 4) is 0 Å². The molecular formula is C24H46O22.